The average Bonchev–Trinajstić information content (AvgIpc) is 2.68. The third-order valence-corrected chi connectivity index (χ3v) is 3.34. The van der Waals surface area contributed by atoms with Crippen molar-refractivity contribution in [3.63, 3.8) is 0 Å². The first kappa shape index (κ1) is 16.3. The number of nitrogens with zero attached hydrogens (tertiary/aromatic N) is 2. The van der Waals surface area contributed by atoms with Gasteiger partial charge in [-0.25, -0.2) is 0 Å². The zero-order valence-electron chi connectivity index (χ0n) is 11.3. The van der Waals surface area contributed by atoms with Crippen molar-refractivity contribution in [3.8, 4) is 5.75 Å². The molecule has 0 aliphatic carbocycles. The van der Waals surface area contributed by atoms with E-state index in [-0.39, 0.29) is 18.2 Å². The Labute approximate surface area is 132 Å². The molecule has 0 aliphatic rings. The highest BCUT2D eigenvalue weighted by Crippen LogP contribution is 2.24. The molecule has 9 heteroatoms. The molecule has 0 atom stereocenters. The first-order valence-corrected chi connectivity index (χ1v) is 6.87. The summed E-state index contributed by atoms with van der Waals surface area (Å²) in [4.78, 5) is 11.8. The lowest BCUT2D eigenvalue weighted by Crippen LogP contribution is -2.19. The van der Waals surface area contributed by atoms with E-state index >= 15 is 0 Å². The van der Waals surface area contributed by atoms with Crippen LogP contribution >= 0.6 is 15.9 Å². The third-order valence-electron chi connectivity index (χ3n) is 2.56. The molecule has 1 amide bonds. The van der Waals surface area contributed by atoms with E-state index in [0.29, 0.717) is 5.69 Å². The molecule has 1 heterocycles. The minimum atomic E-state index is -4.74. The second kappa shape index (κ2) is 6.39. The number of carbonyl (C=O) groups excluding carboxylic acids is 1. The molecule has 0 saturated heterocycles. The van der Waals surface area contributed by atoms with Gasteiger partial charge in [-0.05, 0) is 47.1 Å². The molecule has 0 fully saturated rings. The predicted molar refractivity (Wildman–Crippen MR) is 76.4 cm³/mol. The van der Waals surface area contributed by atoms with Crippen LogP contribution in [0.25, 0.3) is 0 Å². The number of hydrogen-bond acceptors (Lipinski definition) is 3. The van der Waals surface area contributed by atoms with Crippen LogP contribution in [0.4, 0.5) is 18.9 Å². The minimum absolute atomic E-state index is 0.00670. The molecule has 22 heavy (non-hydrogen) atoms. The molecule has 118 valence electrons. The Balaban J connectivity index is 1.94. The Morgan fingerprint density at radius 3 is 2.50 bits per heavy atom. The third kappa shape index (κ3) is 4.76. The number of alkyl halides is 3. The number of ether oxygens (including phenoxy) is 1. The second-order valence-electron chi connectivity index (χ2n) is 4.38. The quantitative estimate of drug-likeness (QED) is 0.886. The number of rotatable bonds is 4. The van der Waals surface area contributed by atoms with Crippen molar-refractivity contribution in [2.45, 2.75) is 19.8 Å². The van der Waals surface area contributed by atoms with Crippen LogP contribution in [-0.4, -0.2) is 22.1 Å². The van der Waals surface area contributed by atoms with Crippen molar-refractivity contribution in [1.29, 1.82) is 0 Å². The van der Waals surface area contributed by atoms with Gasteiger partial charge >= 0.3 is 6.36 Å². The van der Waals surface area contributed by atoms with Crippen molar-refractivity contribution >= 4 is 27.5 Å². The van der Waals surface area contributed by atoms with Gasteiger partial charge in [0.05, 0.1) is 10.2 Å². The molecule has 1 N–H and O–H groups in total. The molecule has 0 spiro atoms. The van der Waals surface area contributed by atoms with Crippen molar-refractivity contribution in [2.75, 3.05) is 5.32 Å². The van der Waals surface area contributed by atoms with Gasteiger partial charge in [-0.3, -0.25) is 9.48 Å². The van der Waals surface area contributed by atoms with E-state index in [2.05, 4.69) is 31.1 Å². The maximum absolute atomic E-state index is 12.0. The molecular formula is C13H11BrF3N3O2. The normalized spacial score (nSPS) is 11.3. The smallest absolute Gasteiger partial charge is 0.406 e. The van der Waals surface area contributed by atoms with Gasteiger partial charge in [0.1, 0.15) is 12.3 Å². The SMILES string of the molecule is Cc1nn(CC(=O)Nc2ccc(OC(F)(F)F)cc2)cc1Br. The lowest BCUT2D eigenvalue weighted by atomic mass is 10.3. The summed E-state index contributed by atoms with van der Waals surface area (Å²) >= 11 is 3.28. The highest BCUT2D eigenvalue weighted by Gasteiger charge is 2.30. The number of aromatic nitrogens is 2. The predicted octanol–water partition coefficient (Wildman–Crippen LogP) is 3.49. The monoisotopic (exact) mass is 377 g/mol. The summed E-state index contributed by atoms with van der Waals surface area (Å²) in [7, 11) is 0. The average molecular weight is 378 g/mol. The van der Waals surface area contributed by atoms with E-state index in [1.165, 1.54) is 16.8 Å². The van der Waals surface area contributed by atoms with Crippen molar-refractivity contribution in [3.05, 3.63) is 40.6 Å². The van der Waals surface area contributed by atoms with Crippen LogP contribution in [0.15, 0.2) is 34.9 Å². The summed E-state index contributed by atoms with van der Waals surface area (Å²) in [5, 5.41) is 6.67. The molecule has 0 bridgehead atoms. The number of halogens is 4. The summed E-state index contributed by atoms with van der Waals surface area (Å²) in [5.41, 5.74) is 1.11. The number of amides is 1. The first-order chi connectivity index (χ1) is 10.2. The van der Waals surface area contributed by atoms with Gasteiger partial charge in [0.15, 0.2) is 0 Å². The topological polar surface area (TPSA) is 56.2 Å². The van der Waals surface area contributed by atoms with Crippen LogP contribution < -0.4 is 10.1 Å². The number of hydrogen-bond donors (Lipinski definition) is 1. The number of aryl methyl sites for hydroxylation is 1. The molecule has 2 rings (SSSR count). The van der Waals surface area contributed by atoms with Crippen LogP contribution in [0.2, 0.25) is 0 Å². The van der Waals surface area contributed by atoms with E-state index in [4.69, 9.17) is 0 Å². The summed E-state index contributed by atoms with van der Waals surface area (Å²) < 4.78 is 42.1. The van der Waals surface area contributed by atoms with Gasteiger partial charge in [0.2, 0.25) is 5.91 Å². The van der Waals surface area contributed by atoms with Crippen LogP contribution in [0.1, 0.15) is 5.69 Å². The summed E-state index contributed by atoms with van der Waals surface area (Å²) in [6.07, 6.45) is -3.08. The summed E-state index contributed by atoms with van der Waals surface area (Å²) in [5.74, 6) is -0.698. The molecular weight excluding hydrogens is 367 g/mol. The standard InChI is InChI=1S/C13H11BrF3N3O2/c1-8-11(14)6-20(19-8)7-12(21)18-9-2-4-10(5-3-9)22-13(15,16)17/h2-6H,7H2,1H3,(H,18,21). The van der Waals surface area contributed by atoms with Crippen LogP contribution in [0.3, 0.4) is 0 Å². The van der Waals surface area contributed by atoms with E-state index in [1.54, 1.807) is 13.1 Å². The van der Waals surface area contributed by atoms with Gasteiger partial charge in [-0.2, -0.15) is 5.10 Å². The van der Waals surface area contributed by atoms with Crippen molar-refractivity contribution in [1.82, 2.24) is 9.78 Å². The fraction of sp³-hybridized carbons (Fsp3) is 0.231. The molecule has 1 aromatic heterocycles. The number of benzene rings is 1. The number of anilines is 1. The molecule has 0 radical (unpaired) electrons. The maximum atomic E-state index is 12.0. The van der Waals surface area contributed by atoms with E-state index in [0.717, 1.165) is 22.3 Å². The molecule has 1 aromatic carbocycles. The Hall–Kier alpha value is -2.03. The first-order valence-electron chi connectivity index (χ1n) is 6.08. The summed E-state index contributed by atoms with van der Waals surface area (Å²) in [6.45, 7) is 1.78. The summed E-state index contributed by atoms with van der Waals surface area (Å²) in [6, 6.07) is 4.89. The fourth-order valence-electron chi connectivity index (χ4n) is 1.66. The van der Waals surface area contributed by atoms with Crippen LogP contribution in [0.5, 0.6) is 5.75 Å². The zero-order chi connectivity index (χ0) is 16.3. The largest absolute Gasteiger partial charge is 0.573 e. The number of carbonyl (C=O) groups is 1. The minimum Gasteiger partial charge on any atom is -0.406 e. The fourth-order valence-corrected chi connectivity index (χ4v) is 1.98. The van der Waals surface area contributed by atoms with Crippen molar-refractivity contribution < 1.29 is 22.7 Å². The highest BCUT2D eigenvalue weighted by molar-refractivity contribution is 9.10. The van der Waals surface area contributed by atoms with Crippen LogP contribution in [0, 0.1) is 6.92 Å². The van der Waals surface area contributed by atoms with Crippen molar-refractivity contribution in [2.24, 2.45) is 0 Å². The lowest BCUT2D eigenvalue weighted by Gasteiger charge is -2.10. The van der Waals surface area contributed by atoms with Gasteiger partial charge in [0.25, 0.3) is 0 Å². The van der Waals surface area contributed by atoms with E-state index < -0.39 is 6.36 Å². The Morgan fingerprint density at radius 2 is 2.00 bits per heavy atom. The second-order valence-corrected chi connectivity index (χ2v) is 5.23. The molecule has 0 saturated carbocycles. The van der Waals surface area contributed by atoms with Gasteiger partial charge in [0, 0.05) is 11.9 Å². The Bertz CT molecular complexity index is 649. The number of nitrogens with one attached hydrogen (secondary N) is 1. The molecule has 0 aliphatic heterocycles. The Morgan fingerprint density at radius 1 is 1.36 bits per heavy atom. The Kier molecular flexibility index (Phi) is 4.74. The molecule has 0 unspecified atom stereocenters. The molecule has 2 aromatic rings. The zero-order valence-corrected chi connectivity index (χ0v) is 12.9. The lowest BCUT2D eigenvalue weighted by molar-refractivity contribution is -0.274. The highest BCUT2D eigenvalue weighted by atomic mass is 79.9. The van der Waals surface area contributed by atoms with Gasteiger partial charge in [-0.15, -0.1) is 13.2 Å². The molecule has 5 nitrogen and oxygen atoms in total. The van der Waals surface area contributed by atoms with E-state index in [1.807, 2.05) is 0 Å². The maximum Gasteiger partial charge on any atom is 0.573 e. The van der Waals surface area contributed by atoms with Gasteiger partial charge < -0.3 is 10.1 Å². The van der Waals surface area contributed by atoms with E-state index in [9.17, 15) is 18.0 Å². The van der Waals surface area contributed by atoms with Crippen LogP contribution in [-0.2, 0) is 11.3 Å². The van der Waals surface area contributed by atoms with Gasteiger partial charge in [-0.1, -0.05) is 0 Å².